The summed E-state index contributed by atoms with van der Waals surface area (Å²) in [6, 6.07) is 19.4. The summed E-state index contributed by atoms with van der Waals surface area (Å²) in [4.78, 5) is 7.02. The van der Waals surface area contributed by atoms with E-state index in [1.54, 1.807) is 18.3 Å². The summed E-state index contributed by atoms with van der Waals surface area (Å²) in [6.45, 7) is 1.11. The van der Waals surface area contributed by atoms with Crippen LogP contribution in [0.25, 0.3) is 11.3 Å². The minimum atomic E-state index is 0.237. The lowest BCUT2D eigenvalue weighted by atomic mass is 9.89. The third-order valence-corrected chi connectivity index (χ3v) is 7.97. The predicted molar refractivity (Wildman–Crippen MR) is 135 cm³/mol. The van der Waals surface area contributed by atoms with Crippen LogP contribution in [0.2, 0.25) is 0 Å². The monoisotopic (exact) mass is 469 g/mol. The van der Waals surface area contributed by atoms with E-state index in [2.05, 4.69) is 38.7 Å². The molecule has 2 aromatic carbocycles. The van der Waals surface area contributed by atoms with Gasteiger partial charge in [-0.3, -0.25) is 0 Å². The zero-order valence-corrected chi connectivity index (χ0v) is 19.7. The zero-order valence-electron chi connectivity index (χ0n) is 19.7. The largest absolute Gasteiger partial charge is 0.508 e. The van der Waals surface area contributed by atoms with Crippen molar-refractivity contribution in [2.45, 2.75) is 62.7 Å². The first-order chi connectivity index (χ1) is 17.2. The topological polar surface area (TPSA) is 97.4 Å². The number of aromatic nitrogens is 1. The van der Waals surface area contributed by atoms with Crippen LogP contribution in [0.3, 0.4) is 0 Å². The molecular formula is C28H31N5O2. The second kappa shape index (κ2) is 9.27. The van der Waals surface area contributed by atoms with Gasteiger partial charge in [0.25, 0.3) is 6.01 Å². The maximum atomic E-state index is 9.53. The highest BCUT2D eigenvalue weighted by Gasteiger charge is 2.46. The zero-order chi connectivity index (χ0) is 23.8. The SMILES string of the molecule is N#Cc1ccc(N2C[C@@H]3C[C@H](N[C@@H]4CCCC[C@H]4Nc4ncc(-c5ccc(O)cc5)o4)[C@H]2C3)cc1. The lowest BCUT2D eigenvalue weighted by Gasteiger charge is -2.40. The number of phenols is 1. The molecule has 3 N–H and O–H groups in total. The van der Waals surface area contributed by atoms with E-state index < -0.39 is 0 Å². The van der Waals surface area contributed by atoms with Crippen LogP contribution < -0.4 is 15.5 Å². The number of phenolic OH excluding ortho intramolecular Hbond substituents is 1. The van der Waals surface area contributed by atoms with Crippen molar-refractivity contribution in [3.05, 3.63) is 60.3 Å². The summed E-state index contributed by atoms with van der Waals surface area (Å²) in [7, 11) is 0. The Hall–Kier alpha value is -3.50. The molecule has 0 radical (unpaired) electrons. The number of hydrogen-bond acceptors (Lipinski definition) is 7. The number of aromatic hydroxyl groups is 1. The Morgan fingerprint density at radius 1 is 0.971 bits per heavy atom. The van der Waals surface area contributed by atoms with Crippen molar-refractivity contribution in [2.75, 3.05) is 16.8 Å². The lowest BCUT2D eigenvalue weighted by Crippen LogP contribution is -2.56. The Morgan fingerprint density at radius 3 is 2.49 bits per heavy atom. The number of nitrogens with one attached hydrogen (secondary N) is 2. The number of oxazole rings is 1. The average molecular weight is 470 g/mol. The second-order valence-corrected chi connectivity index (χ2v) is 10.2. The summed E-state index contributed by atoms with van der Waals surface area (Å²) in [5, 5.41) is 26.3. The van der Waals surface area contributed by atoms with Gasteiger partial charge in [0.15, 0.2) is 5.76 Å². The lowest BCUT2D eigenvalue weighted by molar-refractivity contribution is 0.287. The fourth-order valence-electron chi connectivity index (χ4n) is 6.27. The molecule has 3 aliphatic rings. The molecule has 7 nitrogen and oxygen atoms in total. The van der Waals surface area contributed by atoms with E-state index in [0.717, 1.165) is 30.9 Å². The van der Waals surface area contributed by atoms with Gasteiger partial charge in [0, 0.05) is 42.0 Å². The van der Waals surface area contributed by atoms with Crippen molar-refractivity contribution in [1.82, 2.24) is 10.3 Å². The number of rotatable bonds is 6. The molecule has 3 aromatic rings. The minimum Gasteiger partial charge on any atom is -0.508 e. The van der Waals surface area contributed by atoms with Gasteiger partial charge in [0.05, 0.1) is 17.8 Å². The molecule has 1 aromatic heterocycles. The van der Waals surface area contributed by atoms with Crippen molar-refractivity contribution in [3.8, 4) is 23.1 Å². The molecule has 180 valence electrons. The Kier molecular flexibility index (Phi) is 5.83. The van der Waals surface area contributed by atoms with Crippen LogP contribution in [0.5, 0.6) is 5.75 Å². The first-order valence-corrected chi connectivity index (χ1v) is 12.7. The van der Waals surface area contributed by atoms with Gasteiger partial charge in [-0.25, -0.2) is 4.98 Å². The molecular weight excluding hydrogens is 438 g/mol. The molecule has 5 atom stereocenters. The fraction of sp³-hybridized carbons (Fsp3) is 0.429. The molecule has 1 aliphatic heterocycles. The Balaban J connectivity index is 1.13. The summed E-state index contributed by atoms with van der Waals surface area (Å²) < 4.78 is 6.01. The molecule has 2 heterocycles. The third kappa shape index (κ3) is 4.46. The van der Waals surface area contributed by atoms with E-state index in [9.17, 15) is 5.11 Å². The number of hydrogen-bond donors (Lipinski definition) is 3. The van der Waals surface area contributed by atoms with E-state index >= 15 is 0 Å². The van der Waals surface area contributed by atoms with Crippen molar-refractivity contribution in [3.63, 3.8) is 0 Å². The standard InChI is InChI=1S/C28H31N5O2/c29-15-18-5-9-21(10-6-18)33-17-19-13-25(26(33)14-19)31-23-3-1-2-4-24(23)32-28-30-16-27(35-28)20-7-11-22(34)12-8-20/h5-12,16,19,23-26,31,34H,1-4,13-14,17H2,(H,30,32)/t19-,23-,24-,25+,26-/m1/s1. The van der Waals surface area contributed by atoms with Gasteiger partial charge in [-0.2, -0.15) is 5.26 Å². The third-order valence-electron chi connectivity index (χ3n) is 7.97. The van der Waals surface area contributed by atoms with Gasteiger partial charge in [-0.05, 0) is 80.1 Å². The molecule has 2 aliphatic carbocycles. The van der Waals surface area contributed by atoms with Crippen molar-refractivity contribution in [2.24, 2.45) is 5.92 Å². The van der Waals surface area contributed by atoms with E-state index in [1.165, 1.54) is 31.4 Å². The van der Waals surface area contributed by atoms with Gasteiger partial charge in [0.1, 0.15) is 5.75 Å². The van der Waals surface area contributed by atoms with Crippen LogP contribution in [-0.4, -0.2) is 40.8 Å². The van der Waals surface area contributed by atoms with Gasteiger partial charge < -0.3 is 25.1 Å². The highest BCUT2D eigenvalue weighted by Crippen LogP contribution is 2.41. The van der Waals surface area contributed by atoms with E-state index in [-0.39, 0.29) is 11.8 Å². The summed E-state index contributed by atoms with van der Waals surface area (Å²) >= 11 is 0. The number of nitrogens with zero attached hydrogens (tertiary/aromatic N) is 3. The molecule has 6 rings (SSSR count). The number of nitriles is 1. The Morgan fingerprint density at radius 2 is 1.74 bits per heavy atom. The van der Waals surface area contributed by atoms with E-state index in [4.69, 9.17) is 9.68 Å². The number of piperidine rings is 1. The predicted octanol–water partition coefficient (Wildman–Crippen LogP) is 4.90. The van der Waals surface area contributed by atoms with Crippen LogP contribution >= 0.6 is 0 Å². The fourth-order valence-corrected chi connectivity index (χ4v) is 6.27. The van der Waals surface area contributed by atoms with Gasteiger partial charge >= 0.3 is 0 Å². The average Bonchev–Trinajstić information content (AvgIpc) is 3.62. The first kappa shape index (κ1) is 22.0. The molecule has 1 saturated heterocycles. The summed E-state index contributed by atoms with van der Waals surface area (Å²) in [5.74, 6) is 1.66. The van der Waals surface area contributed by atoms with Gasteiger partial charge in [0.2, 0.25) is 0 Å². The molecule has 0 amide bonds. The molecule has 0 spiro atoms. The molecule has 2 saturated carbocycles. The molecule has 3 fully saturated rings. The molecule has 35 heavy (non-hydrogen) atoms. The van der Waals surface area contributed by atoms with Crippen molar-refractivity contribution in [1.29, 1.82) is 5.26 Å². The van der Waals surface area contributed by atoms with Crippen molar-refractivity contribution < 1.29 is 9.52 Å². The first-order valence-electron chi connectivity index (χ1n) is 12.7. The Labute approximate surface area is 205 Å². The second-order valence-electron chi connectivity index (χ2n) is 10.2. The molecule has 7 heteroatoms. The summed E-state index contributed by atoms with van der Waals surface area (Å²) in [5.41, 5.74) is 2.83. The van der Waals surface area contributed by atoms with Crippen LogP contribution in [0.1, 0.15) is 44.1 Å². The Bertz CT molecular complexity index is 1200. The smallest absolute Gasteiger partial charge is 0.295 e. The van der Waals surface area contributed by atoms with E-state index in [1.807, 2.05) is 24.3 Å². The highest BCUT2D eigenvalue weighted by atomic mass is 16.4. The maximum Gasteiger partial charge on any atom is 0.295 e. The summed E-state index contributed by atoms with van der Waals surface area (Å²) in [6.07, 6.45) is 8.88. The quantitative estimate of drug-likeness (QED) is 0.472. The maximum absolute atomic E-state index is 9.53. The van der Waals surface area contributed by atoms with Crippen molar-refractivity contribution >= 4 is 11.7 Å². The number of anilines is 2. The van der Waals surface area contributed by atoms with Crippen LogP contribution in [0.15, 0.2) is 59.1 Å². The number of benzene rings is 2. The molecule has 0 unspecified atom stereocenters. The van der Waals surface area contributed by atoms with E-state index in [0.29, 0.717) is 35.5 Å². The molecule has 2 bridgehead atoms. The van der Waals surface area contributed by atoms with Gasteiger partial charge in [-0.15, -0.1) is 0 Å². The minimum absolute atomic E-state index is 0.237. The highest BCUT2D eigenvalue weighted by molar-refractivity contribution is 5.58. The van der Waals surface area contributed by atoms with Crippen LogP contribution in [-0.2, 0) is 0 Å². The van der Waals surface area contributed by atoms with Crippen LogP contribution in [0, 0.1) is 17.2 Å². The van der Waals surface area contributed by atoms with Gasteiger partial charge in [-0.1, -0.05) is 12.8 Å². The normalized spacial score (nSPS) is 27.6. The number of fused-ring (bicyclic) bond motifs is 2. The van der Waals surface area contributed by atoms with Crippen LogP contribution in [0.4, 0.5) is 11.7 Å².